The highest BCUT2D eigenvalue weighted by Gasteiger charge is 2.29. The van der Waals surface area contributed by atoms with Gasteiger partial charge in [-0.3, -0.25) is 4.98 Å². The lowest BCUT2D eigenvalue weighted by Crippen LogP contribution is -2.38. The maximum atomic E-state index is 4.33. The molecule has 1 aliphatic rings. The van der Waals surface area contributed by atoms with Gasteiger partial charge in [-0.2, -0.15) is 0 Å². The van der Waals surface area contributed by atoms with E-state index < -0.39 is 0 Å². The van der Waals surface area contributed by atoms with Crippen LogP contribution in [0.2, 0.25) is 0 Å². The average molecular weight is 275 g/mol. The van der Waals surface area contributed by atoms with Crippen molar-refractivity contribution in [3.63, 3.8) is 0 Å². The van der Waals surface area contributed by atoms with Crippen LogP contribution in [-0.4, -0.2) is 24.6 Å². The zero-order chi connectivity index (χ0) is 14.6. The minimum absolute atomic E-state index is 0.438. The Morgan fingerprint density at radius 1 is 1.30 bits per heavy atom. The average Bonchev–Trinajstić information content (AvgIpc) is 2.45. The molecule has 2 rings (SSSR count). The molecule has 1 N–H and O–H groups in total. The predicted molar refractivity (Wildman–Crippen MR) is 86.0 cm³/mol. The molecule has 0 spiro atoms. The van der Waals surface area contributed by atoms with Gasteiger partial charge >= 0.3 is 0 Å². The summed E-state index contributed by atoms with van der Waals surface area (Å²) in [5.74, 6) is 0.840. The van der Waals surface area contributed by atoms with Crippen molar-refractivity contribution < 1.29 is 0 Å². The first-order valence-electron chi connectivity index (χ1n) is 7.91. The van der Waals surface area contributed by atoms with Crippen molar-refractivity contribution in [3.05, 3.63) is 24.0 Å². The Labute approximate surface area is 123 Å². The van der Waals surface area contributed by atoms with Gasteiger partial charge < -0.3 is 10.2 Å². The summed E-state index contributed by atoms with van der Waals surface area (Å²) in [6, 6.07) is 2.15. The summed E-state index contributed by atoms with van der Waals surface area (Å²) in [6.45, 7) is 13.5. The molecule has 1 saturated heterocycles. The van der Waals surface area contributed by atoms with Crippen LogP contribution in [0.3, 0.4) is 0 Å². The van der Waals surface area contributed by atoms with Gasteiger partial charge in [0.05, 0.1) is 11.9 Å². The summed E-state index contributed by atoms with van der Waals surface area (Å²) in [5, 5.41) is 3.42. The van der Waals surface area contributed by atoms with Crippen LogP contribution in [0, 0.1) is 11.3 Å². The third-order valence-electron chi connectivity index (χ3n) is 4.51. The van der Waals surface area contributed by atoms with E-state index in [9.17, 15) is 0 Å². The Balaban J connectivity index is 2.03. The number of pyridine rings is 1. The first-order valence-corrected chi connectivity index (χ1v) is 7.91. The number of rotatable bonds is 4. The van der Waals surface area contributed by atoms with Crippen molar-refractivity contribution in [1.82, 2.24) is 10.3 Å². The zero-order valence-corrected chi connectivity index (χ0v) is 13.4. The maximum Gasteiger partial charge on any atom is 0.0598 e. The topological polar surface area (TPSA) is 28.2 Å². The van der Waals surface area contributed by atoms with Crippen LogP contribution in [0.15, 0.2) is 18.5 Å². The number of hydrogen-bond acceptors (Lipinski definition) is 3. The number of nitrogens with zero attached hydrogens (tertiary/aromatic N) is 2. The summed E-state index contributed by atoms with van der Waals surface area (Å²) >= 11 is 0. The van der Waals surface area contributed by atoms with E-state index in [-0.39, 0.29) is 0 Å². The molecule has 3 nitrogen and oxygen atoms in total. The SMILES string of the molecule is CCNCc1ccncc1N1CCC(C(C)(C)C)CC1. The third-order valence-corrected chi connectivity index (χ3v) is 4.51. The lowest BCUT2D eigenvalue weighted by Gasteiger charge is -2.40. The largest absolute Gasteiger partial charge is 0.370 e. The Bertz CT molecular complexity index is 414. The van der Waals surface area contributed by atoms with E-state index in [2.05, 4.69) is 49.0 Å². The molecule has 0 aliphatic carbocycles. The number of nitrogens with one attached hydrogen (secondary N) is 1. The molecule has 0 unspecified atom stereocenters. The van der Waals surface area contributed by atoms with Gasteiger partial charge in [0.15, 0.2) is 0 Å². The minimum Gasteiger partial charge on any atom is -0.370 e. The van der Waals surface area contributed by atoms with Crippen LogP contribution in [0.4, 0.5) is 5.69 Å². The molecule has 1 aliphatic heterocycles. The predicted octanol–water partition coefficient (Wildman–Crippen LogP) is 3.45. The van der Waals surface area contributed by atoms with Gasteiger partial charge in [-0.15, -0.1) is 0 Å². The van der Waals surface area contributed by atoms with Crippen molar-refractivity contribution in [2.45, 2.75) is 47.1 Å². The van der Waals surface area contributed by atoms with Crippen LogP contribution < -0.4 is 10.2 Å². The molecule has 0 aromatic carbocycles. The van der Waals surface area contributed by atoms with Gasteiger partial charge in [-0.1, -0.05) is 27.7 Å². The molecule has 20 heavy (non-hydrogen) atoms. The van der Waals surface area contributed by atoms with E-state index in [1.165, 1.54) is 24.1 Å². The lowest BCUT2D eigenvalue weighted by molar-refractivity contribution is 0.199. The van der Waals surface area contributed by atoms with E-state index in [0.29, 0.717) is 5.41 Å². The van der Waals surface area contributed by atoms with Crippen molar-refractivity contribution in [2.24, 2.45) is 11.3 Å². The van der Waals surface area contributed by atoms with Crippen LogP contribution in [0.5, 0.6) is 0 Å². The summed E-state index contributed by atoms with van der Waals surface area (Å²) in [7, 11) is 0. The molecule has 0 radical (unpaired) electrons. The van der Waals surface area contributed by atoms with Gasteiger partial charge in [-0.05, 0) is 42.3 Å². The van der Waals surface area contributed by atoms with Crippen LogP contribution >= 0.6 is 0 Å². The van der Waals surface area contributed by atoms with Gasteiger partial charge in [-0.25, -0.2) is 0 Å². The van der Waals surface area contributed by atoms with Gasteiger partial charge in [0.25, 0.3) is 0 Å². The minimum atomic E-state index is 0.438. The fraction of sp³-hybridized carbons (Fsp3) is 0.706. The van der Waals surface area contributed by atoms with Crippen molar-refractivity contribution in [2.75, 3.05) is 24.5 Å². The Hall–Kier alpha value is -1.09. The fourth-order valence-electron chi connectivity index (χ4n) is 3.10. The second-order valence-electron chi connectivity index (χ2n) is 6.91. The highest BCUT2D eigenvalue weighted by molar-refractivity contribution is 5.52. The van der Waals surface area contributed by atoms with Crippen LogP contribution in [0.25, 0.3) is 0 Å². The summed E-state index contributed by atoms with van der Waals surface area (Å²) in [6.07, 6.45) is 6.51. The molecule has 1 fully saturated rings. The Kier molecular flexibility index (Phi) is 5.03. The summed E-state index contributed by atoms with van der Waals surface area (Å²) < 4.78 is 0. The van der Waals surface area contributed by atoms with Gasteiger partial charge in [0.1, 0.15) is 0 Å². The number of piperidine rings is 1. The second-order valence-corrected chi connectivity index (χ2v) is 6.91. The molecular formula is C17H29N3. The molecule has 0 atom stereocenters. The van der Waals surface area contributed by atoms with E-state index in [1.807, 2.05) is 12.4 Å². The van der Waals surface area contributed by atoms with E-state index in [1.54, 1.807) is 0 Å². The molecule has 112 valence electrons. The third kappa shape index (κ3) is 3.72. The van der Waals surface area contributed by atoms with Gasteiger partial charge in [0, 0.05) is 25.8 Å². The summed E-state index contributed by atoms with van der Waals surface area (Å²) in [4.78, 5) is 6.84. The normalized spacial score (nSPS) is 17.5. The quantitative estimate of drug-likeness (QED) is 0.912. The van der Waals surface area contributed by atoms with Gasteiger partial charge in [0.2, 0.25) is 0 Å². The number of aromatic nitrogens is 1. The number of anilines is 1. The van der Waals surface area contributed by atoms with E-state index >= 15 is 0 Å². The highest BCUT2D eigenvalue weighted by atomic mass is 15.1. The fourth-order valence-corrected chi connectivity index (χ4v) is 3.10. The molecule has 0 saturated carbocycles. The molecular weight excluding hydrogens is 246 g/mol. The molecule has 0 bridgehead atoms. The Morgan fingerprint density at radius 3 is 2.60 bits per heavy atom. The van der Waals surface area contributed by atoms with Crippen LogP contribution in [-0.2, 0) is 6.54 Å². The van der Waals surface area contributed by atoms with Crippen LogP contribution in [0.1, 0.15) is 46.1 Å². The molecule has 2 heterocycles. The maximum absolute atomic E-state index is 4.33. The Morgan fingerprint density at radius 2 is 2.00 bits per heavy atom. The lowest BCUT2D eigenvalue weighted by atomic mass is 9.75. The smallest absolute Gasteiger partial charge is 0.0598 e. The monoisotopic (exact) mass is 275 g/mol. The number of hydrogen-bond donors (Lipinski definition) is 1. The zero-order valence-electron chi connectivity index (χ0n) is 13.4. The van der Waals surface area contributed by atoms with E-state index in [0.717, 1.165) is 32.1 Å². The molecule has 1 aromatic heterocycles. The second kappa shape index (κ2) is 6.57. The van der Waals surface area contributed by atoms with E-state index in [4.69, 9.17) is 0 Å². The standard InChI is InChI=1S/C17H29N3/c1-5-18-12-14-6-9-19-13-16(14)20-10-7-15(8-11-20)17(2,3)4/h6,9,13,15,18H,5,7-8,10-12H2,1-4H3. The summed E-state index contributed by atoms with van der Waals surface area (Å²) in [5.41, 5.74) is 3.13. The molecule has 3 heteroatoms. The molecule has 1 aromatic rings. The van der Waals surface area contributed by atoms with Crippen molar-refractivity contribution in [3.8, 4) is 0 Å². The van der Waals surface area contributed by atoms with Crippen molar-refractivity contribution in [1.29, 1.82) is 0 Å². The van der Waals surface area contributed by atoms with Crippen molar-refractivity contribution >= 4 is 5.69 Å². The first-order chi connectivity index (χ1) is 9.52. The molecule has 0 amide bonds. The first kappa shape index (κ1) is 15.3. The highest BCUT2D eigenvalue weighted by Crippen LogP contribution is 2.36.